The zero-order valence-electron chi connectivity index (χ0n) is 24.5. The average molecular weight is 766 g/mol. The maximum Gasteiger partial charge on any atom is 1.00 e. The van der Waals surface area contributed by atoms with Crippen molar-refractivity contribution in [3.63, 3.8) is 0 Å². The summed E-state index contributed by atoms with van der Waals surface area (Å²) in [6, 6.07) is 4.23. The van der Waals surface area contributed by atoms with Crippen molar-refractivity contribution in [1.29, 1.82) is 0 Å². The van der Waals surface area contributed by atoms with E-state index in [1.54, 1.807) is 0 Å². The van der Waals surface area contributed by atoms with Crippen molar-refractivity contribution in [3.8, 4) is 17.2 Å². The number of phenols is 3. The van der Waals surface area contributed by atoms with Gasteiger partial charge >= 0.3 is 148 Å². The van der Waals surface area contributed by atoms with Gasteiger partial charge in [-0.1, -0.05) is 0 Å². The number of benzene rings is 4. The molecule has 0 fully saturated rings. The van der Waals surface area contributed by atoms with Gasteiger partial charge in [-0.2, -0.15) is 33.7 Å². The molecule has 0 radical (unpaired) electrons. The quantitative estimate of drug-likeness (QED) is 0.0545. The van der Waals surface area contributed by atoms with Crippen molar-refractivity contribution >= 4 is 73.4 Å². The Morgan fingerprint density at radius 1 is 0.500 bits per heavy atom. The van der Waals surface area contributed by atoms with Crippen LogP contribution < -0.4 is 148 Å². The Labute approximate surface area is 371 Å². The molecule has 4 aromatic carbocycles. The molecule has 0 saturated heterocycles. The molecule has 0 heterocycles. The van der Waals surface area contributed by atoms with E-state index in [1.807, 2.05) is 0 Å². The molecule has 17 nitrogen and oxygen atoms in total. The van der Waals surface area contributed by atoms with Gasteiger partial charge in [0.05, 0.1) is 26.3 Å². The second kappa shape index (κ2) is 17.5. The summed E-state index contributed by atoms with van der Waals surface area (Å²) in [5.41, 5.74) is -1.89. The third-order valence-corrected chi connectivity index (χ3v) is 8.96. The molecule has 46 heavy (non-hydrogen) atoms. The molecule has 0 unspecified atom stereocenters. The van der Waals surface area contributed by atoms with Crippen LogP contribution in [0.2, 0.25) is 0 Å². The van der Waals surface area contributed by atoms with E-state index in [9.17, 15) is 67.2 Å². The third-order valence-electron chi connectivity index (χ3n) is 5.52. The molecule has 7 N–H and O–H groups in total. The molecule has 0 aliphatic rings. The van der Waals surface area contributed by atoms with Crippen LogP contribution in [-0.4, -0.2) is 67.2 Å². The van der Waals surface area contributed by atoms with Crippen molar-refractivity contribution in [2.75, 3.05) is 0 Å². The van der Waals surface area contributed by atoms with Gasteiger partial charge in [0.1, 0.15) is 27.0 Å². The van der Waals surface area contributed by atoms with Crippen molar-refractivity contribution in [2.45, 2.75) is 19.6 Å². The topological polar surface area (TPSA) is 303 Å². The normalized spacial score (nSPS) is 11.9. The van der Waals surface area contributed by atoms with E-state index in [1.165, 1.54) is 0 Å². The summed E-state index contributed by atoms with van der Waals surface area (Å²) in [7, 11) is -20.4. The van der Waals surface area contributed by atoms with Crippen molar-refractivity contribution in [1.82, 2.24) is 0 Å². The molecular formula is C20H14N2Na5O15S4+5. The summed E-state index contributed by atoms with van der Waals surface area (Å²) in [5.74, 6) is -3.01. The molecular weight excluding hydrogens is 751 g/mol. The van der Waals surface area contributed by atoms with E-state index in [4.69, 9.17) is 0 Å². The SMILES string of the molecule is O=S(=O)(O)c1cc(O)c2c(O)c(N=Nc3cc(S(=O)(=O)O)cc4c(S(=O)(=O)O)ccc(O)c34)c(S(=O)(=O)O)cc2c1.[Na+].[Na+].[Na+].[Na+].[Na+]. The fraction of sp³-hybridized carbons (Fsp3) is 0. The maximum atomic E-state index is 12.1. The van der Waals surface area contributed by atoms with E-state index in [-0.39, 0.29) is 148 Å². The minimum atomic E-state index is -5.33. The van der Waals surface area contributed by atoms with Gasteiger partial charge in [0.15, 0.2) is 5.75 Å². The predicted molar refractivity (Wildman–Crippen MR) is 136 cm³/mol. The molecule has 0 amide bonds. The van der Waals surface area contributed by atoms with Gasteiger partial charge in [-0.25, -0.2) is 0 Å². The van der Waals surface area contributed by atoms with Gasteiger partial charge in [0.2, 0.25) is 0 Å². The summed E-state index contributed by atoms with van der Waals surface area (Å²) < 4.78 is 133. The van der Waals surface area contributed by atoms with Crippen molar-refractivity contribution < 1.29 is 215 Å². The number of hydrogen-bond donors (Lipinski definition) is 7. The first-order valence-electron chi connectivity index (χ1n) is 10.2. The number of nitrogens with zero attached hydrogens (tertiary/aromatic N) is 2. The summed E-state index contributed by atoms with van der Waals surface area (Å²) in [4.78, 5) is -4.13. The third kappa shape index (κ3) is 10.5. The molecule has 26 heteroatoms. The number of azo groups is 1. The van der Waals surface area contributed by atoms with Crippen LogP contribution >= 0.6 is 0 Å². The monoisotopic (exact) mass is 765 g/mol. The number of rotatable bonds is 6. The Kier molecular flexibility index (Phi) is 18.7. The number of hydrogen-bond acceptors (Lipinski definition) is 13. The molecule has 0 bridgehead atoms. The summed E-state index contributed by atoms with van der Waals surface area (Å²) >= 11 is 0. The van der Waals surface area contributed by atoms with Crippen LogP contribution in [0.25, 0.3) is 21.5 Å². The van der Waals surface area contributed by atoms with Crippen LogP contribution in [0.4, 0.5) is 11.4 Å². The first kappa shape index (κ1) is 49.2. The Hall–Kier alpha value is 1.04. The van der Waals surface area contributed by atoms with Gasteiger partial charge in [0, 0.05) is 11.5 Å². The Bertz CT molecular complexity index is 2300. The predicted octanol–water partition coefficient (Wildman–Crippen LogP) is -12.5. The second-order valence-corrected chi connectivity index (χ2v) is 13.8. The van der Waals surface area contributed by atoms with E-state index in [0.29, 0.717) is 36.4 Å². The van der Waals surface area contributed by atoms with Crippen molar-refractivity contribution in [3.05, 3.63) is 42.5 Å². The number of fused-ring (bicyclic) bond motifs is 2. The van der Waals surface area contributed by atoms with Crippen LogP contribution in [0.15, 0.2) is 72.3 Å². The van der Waals surface area contributed by atoms with Crippen molar-refractivity contribution in [2.24, 2.45) is 10.2 Å². The van der Waals surface area contributed by atoms with Gasteiger partial charge in [-0.3, -0.25) is 18.2 Å². The van der Waals surface area contributed by atoms with Crippen LogP contribution in [0.5, 0.6) is 17.2 Å². The molecule has 0 spiro atoms. The molecule has 0 aromatic heterocycles. The molecule has 0 aliphatic carbocycles. The molecule has 0 atom stereocenters. The first-order valence-corrected chi connectivity index (χ1v) is 16.0. The fourth-order valence-corrected chi connectivity index (χ4v) is 6.23. The largest absolute Gasteiger partial charge is 1.00 e. The minimum Gasteiger partial charge on any atom is -0.507 e. The van der Waals surface area contributed by atoms with Gasteiger partial charge in [0.25, 0.3) is 40.5 Å². The fourth-order valence-electron chi connectivity index (χ4n) is 3.83. The van der Waals surface area contributed by atoms with Crippen LogP contribution in [0.1, 0.15) is 0 Å². The maximum absolute atomic E-state index is 12.1. The van der Waals surface area contributed by atoms with E-state index in [2.05, 4.69) is 10.2 Å². The molecule has 4 rings (SSSR count). The molecule has 0 saturated carbocycles. The Morgan fingerprint density at radius 3 is 1.48 bits per heavy atom. The average Bonchev–Trinajstić information content (AvgIpc) is 2.80. The van der Waals surface area contributed by atoms with Gasteiger partial charge in [-0.05, 0) is 41.8 Å². The van der Waals surface area contributed by atoms with Gasteiger partial charge < -0.3 is 15.3 Å². The van der Waals surface area contributed by atoms with Gasteiger partial charge in [-0.15, -0.1) is 10.2 Å². The standard InChI is InChI=1S/C20H14N2O15S4.5Na/c23-13-1-2-15(40(32,33)34)11-5-10(39(29,30)31)6-12(18(11)13)21-22-19-16(41(35,36)37)4-8-3-9(38(26,27)28)7-14(24)17(8)20(19)25;;;;;/h1-7,23-25H,(H,26,27,28)(H,29,30,31)(H,32,33,34)(H,35,36,37);;;;;/q;5*+1. The summed E-state index contributed by atoms with van der Waals surface area (Å²) in [6.07, 6.45) is 0. The molecule has 4 aromatic rings. The first-order chi connectivity index (χ1) is 18.6. The number of phenolic OH excluding ortho intramolecular Hbond substituents is 3. The smallest absolute Gasteiger partial charge is 0.507 e. The van der Waals surface area contributed by atoms with E-state index >= 15 is 0 Å². The van der Waals surface area contributed by atoms with E-state index in [0.717, 1.165) is 6.07 Å². The zero-order valence-corrected chi connectivity index (χ0v) is 37.7. The Balaban J connectivity index is 0. The molecule has 218 valence electrons. The van der Waals surface area contributed by atoms with Crippen LogP contribution in [0, 0.1) is 0 Å². The van der Waals surface area contributed by atoms with Crippen LogP contribution in [0.3, 0.4) is 0 Å². The van der Waals surface area contributed by atoms with E-state index < -0.39 is 110 Å². The summed E-state index contributed by atoms with van der Waals surface area (Å²) in [6.45, 7) is 0. The zero-order chi connectivity index (χ0) is 30.9. The molecule has 0 aliphatic heterocycles. The summed E-state index contributed by atoms with van der Waals surface area (Å²) in [5, 5.41) is 36.0. The Morgan fingerprint density at radius 2 is 1.00 bits per heavy atom. The van der Waals surface area contributed by atoms with Crippen LogP contribution in [-0.2, 0) is 40.5 Å². The second-order valence-electron chi connectivity index (χ2n) is 8.16. The minimum absolute atomic E-state index is 0. The number of aromatic hydroxyl groups is 3.